The van der Waals surface area contributed by atoms with Gasteiger partial charge in [0.2, 0.25) is 0 Å². The molecule has 0 spiro atoms. The molecule has 0 radical (unpaired) electrons. The van der Waals surface area contributed by atoms with E-state index in [0.717, 1.165) is 0 Å². The van der Waals surface area contributed by atoms with Crippen LogP contribution in [-0.4, -0.2) is 6.03 Å². The zero-order chi connectivity index (χ0) is 11.5. The van der Waals surface area contributed by atoms with Crippen molar-refractivity contribution in [1.29, 1.82) is 0 Å². The first kappa shape index (κ1) is 10.0. The number of carbonyl (C=O) groups excluding carboxylic acids is 1. The van der Waals surface area contributed by atoms with Crippen molar-refractivity contribution in [2.24, 2.45) is 5.73 Å². The number of hydrogen-bond donors (Lipinski definition) is 3. The Morgan fingerprint density at radius 3 is 2.81 bits per heavy atom. The SMILES string of the molecule is NC(=O)NNc1cc(=O)oc2ccccc12. The Bertz CT molecular complexity index is 591. The Kier molecular flexibility index (Phi) is 2.47. The number of anilines is 1. The molecule has 1 aromatic heterocycles. The van der Waals surface area contributed by atoms with Gasteiger partial charge in [-0.15, -0.1) is 0 Å². The molecule has 0 saturated carbocycles. The average molecular weight is 219 g/mol. The van der Waals surface area contributed by atoms with Crippen LogP contribution in [0.15, 0.2) is 39.5 Å². The van der Waals surface area contributed by atoms with Gasteiger partial charge < -0.3 is 10.2 Å². The number of carbonyl (C=O) groups is 1. The van der Waals surface area contributed by atoms with Gasteiger partial charge in [-0.1, -0.05) is 12.1 Å². The lowest BCUT2D eigenvalue weighted by atomic mass is 10.2. The number of fused-ring (bicyclic) bond motifs is 1. The summed E-state index contributed by atoms with van der Waals surface area (Å²) in [6, 6.07) is 7.44. The second kappa shape index (κ2) is 3.93. The van der Waals surface area contributed by atoms with E-state index in [-0.39, 0.29) is 0 Å². The van der Waals surface area contributed by atoms with Gasteiger partial charge in [-0.3, -0.25) is 10.9 Å². The monoisotopic (exact) mass is 219 g/mol. The van der Waals surface area contributed by atoms with Crippen molar-refractivity contribution in [2.45, 2.75) is 0 Å². The van der Waals surface area contributed by atoms with Crippen LogP contribution in [0.4, 0.5) is 10.5 Å². The molecule has 82 valence electrons. The number of urea groups is 1. The summed E-state index contributed by atoms with van der Waals surface area (Å²) >= 11 is 0. The maximum atomic E-state index is 11.2. The molecule has 6 heteroatoms. The molecule has 2 amide bonds. The number of primary amides is 1. The highest BCUT2D eigenvalue weighted by atomic mass is 16.4. The highest BCUT2D eigenvalue weighted by Gasteiger charge is 2.04. The molecule has 0 aliphatic rings. The molecule has 0 saturated heterocycles. The number of nitrogens with two attached hydrogens (primary N) is 1. The van der Waals surface area contributed by atoms with E-state index in [1.807, 2.05) is 0 Å². The molecule has 6 nitrogen and oxygen atoms in total. The Morgan fingerprint density at radius 1 is 1.31 bits per heavy atom. The van der Waals surface area contributed by atoms with Gasteiger partial charge in [0.1, 0.15) is 5.58 Å². The maximum Gasteiger partial charge on any atom is 0.338 e. The van der Waals surface area contributed by atoms with Gasteiger partial charge in [0.15, 0.2) is 0 Å². The lowest BCUT2D eigenvalue weighted by molar-refractivity contribution is 0.250. The Hall–Kier alpha value is -2.50. The first-order valence-electron chi connectivity index (χ1n) is 4.51. The van der Waals surface area contributed by atoms with Gasteiger partial charge in [0.05, 0.1) is 5.69 Å². The first-order valence-corrected chi connectivity index (χ1v) is 4.51. The quantitative estimate of drug-likeness (QED) is 0.513. The van der Waals surface area contributed by atoms with Crippen molar-refractivity contribution < 1.29 is 9.21 Å². The third kappa shape index (κ3) is 1.95. The van der Waals surface area contributed by atoms with Crippen LogP contribution in [0.3, 0.4) is 0 Å². The standard InChI is InChI=1S/C10H9N3O3/c11-10(15)13-12-7-5-9(14)16-8-4-2-1-3-6(7)8/h1-5,12H,(H3,11,13,15). The predicted octanol–water partition coefficient (Wildman–Crippen LogP) is 0.788. The van der Waals surface area contributed by atoms with Gasteiger partial charge in [-0.05, 0) is 12.1 Å². The van der Waals surface area contributed by atoms with Gasteiger partial charge in [0.25, 0.3) is 0 Å². The Morgan fingerprint density at radius 2 is 2.06 bits per heavy atom. The molecular weight excluding hydrogens is 210 g/mol. The van der Waals surface area contributed by atoms with Gasteiger partial charge in [0, 0.05) is 11.5 Å². The normalized spacial score (nSPS) is 10.0. The molecule has 2 aromatic rings. The second-order valence-corrected chi connectivity index (χ2v) is 3.09. The number of amides is 2. The summed E-state index contributed by atoms with van der Waals surface area (Å²) in [5.74, 6) is 0. The topological polar surface area (TPSA) is 97.4 Å². The fourth-order valence-electron chi connectivity index (χ4n) is 1.34. The molecule has 2 rings (SSSR count). The minimum atomic E-state index is -0.739. The number of para-hydroxylation sites is 1. The molecule has 0 fully saturated rings. The molecule has 0 aliphatic heterocycles. The lowest BCUT2D eigenvalue weighted by Crippen LogP contribution is -2.34. The molecule has 1 aromatic carbocycles. The van der Waals surface area contributed by atoms with Crippen molar-refractivity contribution in [3.63, 3.8) is 0 Å². The van der Waals surface area contributed by atoms with E-state index in [1.165, 1.54) is 6.07 Å². The Labute approximate surface area is 90.0 Å². The van der Waals surface area contributed by atoms with E-state index in [9.17, 15) is 9.59 Å². The largest absolute Gasteiger partial charge is 0.423 e. The summed E-state index contributed by atoms with van der Waals surface area (Å²) in [5, 5.41) is 0.677. The third-order valence-corrected chi connectivity index (χ3v) is 1.97. The molecule has 0 atom stereocenters. The summed E-state index contributed by atoms with van der Waals surface area (Å²) in [6.07, 6.45) is 0. The van der Waals surface area contributed by atoms with Crippen LogP contribution >= 0.6 is 0 Å². The van der Waals surface area contributed by atoms with E-state index in [4.69, 9.17) is 10.2 Å². The predicted molar refractivity (Wildman–Crippen MR) is 58.8 cm³/mol. The summed E-state index contributed by atoms with van der Waals surface area (Å²) < 4.78 is 4.97. The van der Waals surface area contributed by atoms with Gasteiger partial charge in [-0.2, -0.15) is 0 Å². The zero-order valence-corrected chi connectivity index (χ0v) is 8.19. The molecule has 16 heavy (non-hydrogen) atoms. The number of benzene rings is 1. The van der Waals surface area contributed by atoms with E-state index in [1.54, 1.807) is 24.3 Å². The van der Waals surface area contributed by atoms with Crippen molar-refractivity contribution >= 4 is 22.7 Å². The number of nitrogens with one attached hydrogen (secondary N) is 2. The fraction of sp³-hybridized carbons (Fsp3) is 0. The van der Waals surface area contributed by atoms with E-state index >= 15 is 0 Å². The first-order chi connectivity index (χ1) is 7.66. The number of rotatable bonds is 2. The van der Waals surface area contributed by atoms with Gasteiger partial charge in [-0.25, -0.2) is 9.59 Å². The van der Waals surface area contributed by atoms with Crippen LogP contribution in [0.25, 0.3) is 11.0 Å². The van der Waals surface area contributed by atoms with Crippen molar-refractivity contribution in [2.75, 3.05) is 5.43 Å². The smallest absolute Gasteiger partial charge is 0.338 e. The molecule has 0 bridgehead atoms. The number of hydrazine groups is 1. The van der Waals surface area contributed by atoms with Crippen LogP contribution in [-0.2, 0) is 0 Å². The molecular formula is C10H9N3O3. The van der Waals surface area contributed by atoms with Crippen molar-refractivity contribution in [1.82, 2.24) is 5.43 Å². The molecule has 1 heterocycles. The molecule has 4 N–H and O–H groups in total. The van der Waals surface area contributed by atoms with Crippen LogP contribution in [0.5, 0.6) is 0 Å². The lowest BCUT2D eigenvalue weighted by Gasteiger charge is -2.07. The Balaban J connectivity index is 2.50. The maximum absolute atomic E-state index is 11.2. The van der Waals surface area contributed by atoms with Crippen LogP contribution < -0.4 is 22.2 Å². The summed E-state index contributed by atoms with van der Waals surface area (Å²) in [5.41, 5.74) is 10.0. The summed E-state index contributed by atoms with van der Waals surface area (Å²) in [7, 11) is 0. The average Bonchev–Trinajstić information content (AvgIpc) is 2.25. The van der Waals surface area contributed by atoms with E-state index in [2.05, 4.69) is 10.9 Å². The third-order valence-electron chi connectivity index (χ3n) is 1.97. The molecule has 0 unspecified atom stereocenters. The summed E-state index contributed by atoms with van der Waals surface area (Å²) in [6.45, 7) is 0. The van der Waals surface area contributed by atoms with E-state index in [0.29, 0.717) is 16.7 Å². The number of hydrogen-bond acceptors (Lipinski definition) is 4. The van der Waals surface area contributed by atoms with Gasteiger partial charge >= 0.3 is 11.7 Å². The van der Waals surface area contributed by atoms with Crippen LogP contribution in [0.2, 0.25) is 0 Å². The zero-order valence-electron chi connectivity index (χ0n) is 8.19. The molecule has 0 aliphatic carbocycles. The van der Waals surface area contributed by atoms with Crippen molar-refractivity contribution in [3.8, 4) is 0 Å². The fourth-order valence-corrected chi connectivity index (χ4v) is 1.34. The minimum absolute atomic E-state index is 0.434. The highest BCUT2D eigenvalue weighted by molar-refractivity contribution is 5.90. The summed E-state index contributed by atoms with van der Waals surface area (Å²) in [4.78, 5) is 21.7. The van der Waals surface area contributed by atoms with Crippen LogP contribution in [0.1, 0.15) is 0 Å². The highest BCUT2D eigenvalue weighted by Crippen LogP contribution is 2.19. The minimum Gasteiger partial charge on any atom is -0.423 e. The van der Waals surface area contributed by atoms with Crippen LogP contribution in [0, 0.1) is 0 Å². The van der Waals surface area contributed by atoms with E-state index < -0.39 is 11.7 Å². The van der Waals surface area contributed by atoms with Crippen molar-refractivity contribution in [3.05, 3.63) is 40.8 Å². The second-order valence-electron chi connectivity index (χ2n) is 3.09.